The molecule has 1 unspecified atom stereocenters. The molecule has 0 fully saturated rings. The predicted molar refractivity (Wildman–Crippen MR) is 73.6 cm³/mol. The summed E-state index contributed by atoms with van der Waals surface area (Å²) >= 11 is 1.10. The first-order valence-corrected chi connectivity index (χ1v) is 6.59. The van der Waals surface area contributed by atoms with Crippen molar-refractivity contribution < 1.29 is 19.4 Å². The summed E-state index contributed by atoms with van der Waals surface area (Å²) < 4.78 is 13.8. The highest BCUT2D eigenvalue weighted by molar-refractivity contribution is 7.11. The quantitative estimate of drug-likeness (QED) is 0.699. The highest BCUT2D eigenvalue weighted by Gasteiger charge is 2.24. The second-order valence-corrected chi connectivity index (χ2v) is 4.71. The van der Waals surface area contributed by atoms with Crippen LogP contribution in [-0.4, -0.2) is 55.5 Å². The molecule has 8 heteroatoms. The van der Waals surface area contributed by atoms with Crippen LogP contribution in [0, 0.1) is 0 Å². The van der Waals surface area contributed by atoms with Gasteiger partial charge in [-0.3, -0.25) is 0 Å². The van der Waals surface area contributed by atoms with E-state index in [1.165, 1.54) is 7.11 Å². The van der Waals surface area contributed by atoms with Crippen molar-refractivity contribution in [2.45, 2.75) is 13.0 Å². The monoisotopic (exact) mass is 289 g/mol. The first kappa shape index (κ1) is 15.7. The number of hydrogen-bond acceptors (Lipinski definition) is 8. The Morgan fingerprint density at radius 2 is 2.32 bits per heavy atom. The molecule has 1 aromatic heterocycles. The summed E-state index contributed by atoms with van der Waals surface area (Å²) in [4.78, 5) is 13.5. The van der Waals surface area contributed by atoms with Gasteiger partial charge in [-0.2, -0.15) is 4.37 Å². The maximum Gasteiger partial charge on any atom is 0.345 e. The maximum atomic E-state index is 11.8. The Balaban J connectivity index is 2.85. The number of likely N-dealkylation sites (N-methyl/N-ethyl adjacent to an activating group) is 1. The van der Waals surface area contributed by atoms with Crippen molar-refractivity contribution in [2.24, 2.45) is 0 Å². The van der Waals surface area contributed by atoms with Gasteiger partial charge < -0.3 is 25.2 Å². The van der Waals surface area contributed by atoms with Gasteiger partial charge >= 0.3 is 5.97 Å². The number of nitrogen functional groups attached to an aromatic ring is 1. The molecule has 19 heavy (non-hydrogen) atoms. The van der Waals surface area contributed by atoms with E-state index >= 15 is 0 Å². The molecule has 1 heterocycles. The molecule has 1 rings (SSSR count). The van der Waals surface area contributed by atoms with Gasteiger partial charge in [0.1, 0.15) is 10.6 Å². The van der Waals surface area contributed by atoms with E-state index in [0.29, 0.717) is 11.5 Å². The van der Waals surface area contributed by atoms with Crippen molar-refractivity contribution in [3.8, 4) is 0 Å². The molecule has 108 valence electrons. The summed E-state index contributed by atoms with van der Waals surface area (Å²) in [6.45, 7) is 2.51. The number of esters is 1. The van der Waals surface area contributed by atoms with Crippen LogP contribution in [0.5, 0.6) is 0 Å². The molecule has 0 aliphatic heterocycles. The summed E-state index contributed by atoms with van der Waals surface area (Å²) in [7, 11) is 3.26. The summed E-state index contributed by atoms with van der Waals surface area (Å²) in [5.41, 5.74) is 5.93. The van der Waals surface area contributed by atoms with Crippen LogP contribution in [0.3, 0.4) is 0 Å². The fourth-order valence-corrected chi connectivity index (χ4v) is 2.36. The van der Waals surface area contributed by atoms with Crippen LogP contribution in [0.1, 0.15) is 17.3 Å². The number of aliphatic hydroxyl groups is 1. The molecule has 7 nitrogen and oxygen atoms in total. The first-order valence-electron chi connectivity index (χ1n) is 5.81. The fraction of sp³-hybridized carbons (Fsp3) is 0.636. The first-order chi connectivity index (χ1) is 9.01. The third-order valence-corrected chi connectivity index (χ3v) is 3.35. The van der Waals surface area contributed by atoms with Crippen molar-refractivity contribution in [1.29, 1.82) is 0 Å². The molecule has 0 radical (unpaired) electrons. The Kier molecular flexibility index (Phi) is 6.00. The number of hydrogen-bond donors (Lipinski definition) is 2. The summed E-state index contributed by atoms with van der Waals surface area (Å²) in [6, 6.07) is 0. The predicted octanol–water partition coefficient (Wildman–Crippen LogP) is 0.345. The highest BCUT2D eigenvalue weighted by Crippen LogP contribution is 2.30. The molecular weight excluding hydrogens is 270 g/mol. The molecule has 1 aromatic rings. The molecular formula is C11H19N3O4S. The van der Waals surface area contributed by atoms with Crippen molar-refractivity contribution in [1.82, 2.24) is 4.37 Å². The Morgan fingerprint density at radius 3 is 2.89 bits per heavy atom. The molecule has 0 amide bonds. The molecule has 0 bridgehead atoms. The Labute approximate surface area is 116 Å². The lowest BCUT2D eigenvalue weighted by Crippen LogP contribution is -2.32. The van der Waals surface area contributed by atoms with Crippen LogP contribution >= 0.6 is 11.5 Å². The summed E-state index contributed by atoms with van der Waals surface area (Å²) in [5, 5.41) is 10.3. The number of rotatable bonds is 7. The minimum atomic E-state index is -0.659. The number of carbonyl (C=O) groups is 1. The average molecular weight is 289 g/mol. The van der Waals surface area contributed by atoms with Gasteiger partial charge in [-0.05, 0) is 18.5 Å². The lowest BCUT2D eigenvalue weighted by Gasteiger charge is -2.21. The third kappa shape index (κ3) is 4.05. The van der Waals surface area contributed by atoms with Crippen molar-refractivity contribution in [3.63, 3.8) is 0 Å². The topological polar surface area (TPSA) is 97.9 Å². The minimum absolute atomic E-state index is 0.145. The Hall–Kier alpha value is -1.38. The highest BCUT2D eigenvalue weighted by atomic mass is 32.1. The van der Waals surface area contributed by atoms with Crippen molar-refractivity contribution in [3.05, 3.63) is 5.56 Å². The summed E-state index contributed by atoms with van der Waals surface area (Å²) in [6.07, 6.45) is -0.659. The second kappa shape index (κ2) is 7.27. The number of anilines is 2. The van der Waals surface area contributed by atoms with Crippen LogP contribution < -0.4 is 10.6 Å². The van der Waals surface area contributed by atoms with Gasteiger partial charge in [0.25, 0.3) is 0 Å². The zero-order valence-electron chi connectivity index (χ0n) is 11.3. The number of nitrogens with two attached hydrogens (primary N) is 1. The number of nitrogens with zero attached hydrogens (tertiary/aromatic N) is 2. The van der Waals surface area contributed by atoms with Crippen LogP contribution in [0.15, 0.2) is 0 Å². The van der Waals surface area contributed by atoms with Gasteiger partial charge in [-0.25, -0.2) is 4.79 Å². The lowest BCUT2D eigenvalue weighted by molar-refractivity contribution is 0.0527. The minimum Gasteiger partial charge on any atom is -0.462 e. The van der Waals surface area contributed by atoms with Crippen molar-refractivity contribution >= 4 is 28.3 Å². The normalized spacial score (nSPS) is 12.2. The molecule has 1 atom stereocenters. The van der Waals surface area contributed by atoms with Gasteiger partial charge in [0.05, 0.1) is 19.3 Å². The molecule has 0 aliphatic rings. The molecule has 0 saturated heterocycles. The van der Waals surface area contributed by atoms with Crippen LogP contribution in [0.2, 0.25) is 0 Å². The maximum absolute atomic E-state index is 11.8. The van der Waals surface area contributed by atoms with Crippen LogP contribution in [0.25, 0.3) is 0 Å². The number of ether oxygens (including phenoxy) is 2. The van der Waals surface area contributed by atoms with Crippen LogP contribution in [0.4, 0.5) is 10.8 Å². The van der Waals surface area contributed by atoms with Crippen molar-refractivity contribution in [2.75, 3.05) is 44.5 Å². The zero-order valence-corrected chi connectivity index (χ0v) is 12.1. The van der Waals surface area contributed by atoms with E-state index in [2.05, 4.69) is 4.37 Å². The Morgan fingerprint density at radius 1 is 1.63 bits per heavy atom. The summed E-state index contributed by atoms with van der Waals surface area (Å²) in [5.74, 6) is -0.358. The van der Waals surface area contributed by atoms with E-state index in [0.717, 1.165) is 11.5 Å². The van der Waals surface area contributed by atoms with Crippen LogP contribution in [-0.2, 0) is 9.47 Å². The van der Waals surface area contributed by atoms with E-state index in [4.69, 9.17) is 15.2 Å². The van der Waals surface area contributed by atoms with Gasteiger partial charge in [0.15, 0.2) is 5.82 Å². The number of methoxy groups -OCH3 is 1. The second-order valence-electron chi connectivity index (χ2n) is 3.96. The zero-order chi connectivity index (χ0) is 14.4. The number of aromatic nitrogens is 1. The van der Waals surface area contributed by atoms with E-state index in [1.54, 1.807) is 18.9 Å². The molecule has 0 aromatic carbocycles. The van der Waals surface area contributed by atoms with Gasteiger partial charge in [0.2, 0.25) is 0 Å². The molecule has 0 aliphatic carbocycles. The molecule has 0 spiro atoms. The lowest BCUT2D eigenvalue weighted by atomic mass is 10.3. The van der Waals surface area contributed by atoms with E-state index in [-0.39, 0.29) is 24.6 Å². The van der Waals surface area contributed by atoms with Gasteiger partial charge in [-0.15, -0.1) is 0 Å². The smallest absolute Gasteiger partial charge is 0.345 e. The standard InChI is InChI=1S/C11H19N3O4S/c1-4-18-11(16)8-9(12)13-19-10(8)14(2)5-7(15)6-17-3/h7,15H,4-6H2,1-3H3,(H2,12,13). The SMILES string of the molecule is CCOC(=O)c1c(N)nsc1N(C)CC(O)COC. The van der Waals surface area contributed by atoms with Gasteiger partial charge in [0, 0.05) is 20.7 Å². The number of aliphatic hydroxyl groups excluding tert-OH is 1. The van der Waals surface area contributed by atoms with E-state index in [9.17, 15) is 9.90 Å². The van der Waals surface area contributed by atoms with E-state index in [1.807, 2.05) is 0 Å². The largest absolute Gasteiger partial charge is 0.462 e. The average Bonchev–Trinajstić information content (AvgIpc) is 2.71. The van der Waals surface area contributed by atoms with E-state index < -0.39 is 12.1 Å². The fourth-order valence-electron chi connectivity index (χ4n) is 1.59. The molecule has 3 N–H and O–H groups in total. The Bertz CT molecular complexity index is 424. The third-order valence-electron chi connectivity index (χ3n) is 2.37. The van der Waals surface area contributed by atoms with Gasteiger partial charge in [-0.1, -0.05) is 0 Å². The molecule has 0 saturated carbocycles. The number of carbonyl (C=O) groups excluding carboxylic acids is 1.